The Morgan fingerprint density at radius 1 is 1.48 bits per heavy atom. The molecule has 0 fully saturated rings. The van der Waals surface area contributed by atoms with Gasteiger partial charge in [0.1, 0.15) is 17.0 Å². The van der Waals surface area contributed by atoms with Crippen LogP contribution in [-0.2, 0) is 16.4 Å². The molecule has 29 heavy (non-hydrogen) atoms. The number of aromatic nitrogens is 1. The average Bonchev–Trinajstić information content (AvgIpc) is 3.49. The van der Waals surface area contributed by atoms with E-state index in [4.69, 9.17) is 35.2 Å². The molecule has 1 unspecified atom stereocenters. The molecule has 0 aliphatic carbocycles. The zero-order valence-electron chi connectivity index (χ0n) is 21.4. The van der Waals surface area contributed by atoms with Gasteiger partial charge >= 0.3 is 0 Å². The Labute approximate surface area is 185 Å². The van der Waals surface area contributed by atoms with Gasteiger partial charge in [0.05, 0.1) is 4.88 Å². The molecule has 0 bridgehead atoms. The normalized spacial score (nSPS) is 19.9. The number of sulfonamides is 1. The third-order valence-electron chi connectivity index (χ3n) is 3.77. The number of fused-ring (bicyclic) bond motifs is 1. The fourth-order valence-corrected chi connectivity index (χ4v) is 4.78. The summed E-state index contributed by atoms with van der Waals surface area (Å²) in [5.74, 6) is -2.28. The maximum atomic E-state index is 13.4. The summed E-state index contributed by atoms with van der Waals surface area (Å²) in [7, 11) is -4.81. The first-order valence-electron chi connectivity index (χ1n) is 11.3. The highest BCUT2D eigenvalue weighted by molar-refractivity contribution is 7.93. The van der Waals surface area contributed by atoms with E-state index < -0.39 is 62.6 Å². The van der Waals surface area contributed by atoms with Gasteiger partial charge in [-0.1, -0.05) is 16.8 Å². The fraction of sp³-hybridized carbons (Fsp3) is 0.222. The van der Waals surface area contributed by atoms with Crippen LogP contribution in [0.5, 0.6) is 11.5 Å². The Morgan fingerprint density at radius 3 is 2.93 bits per heavy atom. The van der Waals surface area contributed by atoms with E-state index in [9.17, 15) is 13.2 Å². The molecule has 0 saturated carbocycles. The van der Waals surface area contributed by atoms with Gasteiger partial charge in [0.15, 0.2) is 18.7 Å². The number of carbonyl (C=O) groups is 1. The van der Waals surface area contributed by atoms with Crippen molar-refractivity contribution in [2.24, 2.45) is 0 Å². The van der Waals surface area contributed by atoms with Crippen LogP contribution in [0.4, 0.5) is 5.88 Å². The predicted octanol–water partition coefficient (Wildman–Crippen LogP) is 3.96. The van der Waals surface area contributed by atoms with Gasteiger partial charge in [-0.15, -0.1) is 11.3 Å². The first-order valence-corrected chi connectivity index (χ1v) is 10.5. The quantitative estimate of drug-likeness (QED) is 0.553. The van der Waals surface area contributed by atoms with Gasteiger partial charge in [-0.3, -0.25) is 4.79 Å². The molecule has 152 valence electrons. The molecule has 0 saturated heterocycles. The van der Waals surface area contributed by atoms with Crippen molar-refractivity contribution in [1.82, 2.24) is 5.16 Å². The minimum Gasteiger partial charge on any atom is -0.454 e. The van der Waals surface area contributed by atoms with Gasteiger partial charge in [0.25, 0.3) is 15.9 Å². The summed E-state index contributed by atoms with van der Waals surface area (Å²) in [6, 6.07) is 2.90. The van der Waals surface area contributed by atoms with E-state index in [0.29, 0.717) is 11.3 Å². The number of thiophene rings is 1. The van der Waals surface area contributed by atoms with Crippen LogP contribution in [0.1, 0.15) is 34.7 Å². The van der Waals surface area contributed by atoms with E-state index in [1.54, 1.807) is 0 Å². The van der Waals surface area contributed by atoms with Crippen molar-refractivity contribution in [1.29, 1.82) is 0 Å². The summed E-state index contributed by atoms with van der Waals surface area (Å²) in [5, 5.41) is 4.44. The van der Waals surface area contributed by atoms with Crippen molar-refractivity contribution >= 4 is 44.6 Å². The Balaban J connectivity index is 1.80. The minimum absolute atomic E-state index is 0.0768. The molecule has 0 radical (unpaired) electrons. The summed E-state index contributed by atoms with van der Waals surface area (Å²) in [4.78, 5) is 12.1. The molecule has 1 aliphatic rings. The highest BCUT2D eigenvalue weighted by Crippen LogP contribution is 2.36. The van der Waals surface area contributed by atoms with E-state index in [0.717, 1.165) is 18.2 Å². The smallest absolute Gasteiger partial charge is 0.265 e. The number of nitrogens with zero attached hydrogens (tertiary/aromatic N) is 1. The van der Waals surface area contributed by atoms with Crippen LogP contribution < -0.4 is 14.2 Å². The number of ether oxygens (including phenoxy) is 2. The number of halogens is 1. The largest absolute Gasteiger partial charge is 0.454 e. The van der Waals surface area contributed by atoms with Crippen LogP contribution in [0, 0.1) is 13.8 Å². The van der Waals surface area contributed by atoms with Gasteiger partial charge < -0.3 is 14.0 Å². The molecule has 1 atom stereocenters. The summed E-state index contributed by atoms with van der Waals surface area (Å²) in [6.07, 6.45) is -3.06. The lowest BCUT2D eigenvalue weighted by molar-refractivity contribution is 0.0994. The van der Waals surface area contributed by atoms with Crippen LogP contribution >= 0.6 is 22.9 Å². The Hall–Kier alpha value is -2.56. The van der Waals surface area contributed by atoms with Crippen LogP contribution in [0.2, 0.25) is 6.43 Å². The highest BCUT2D eigenvalue weighted by atomic mass is 35.5. The summed E-state index contributed by atoms with van der Waals surface area (Å²) < 4.78 is 97.1. The Bertz CT molecular complexity index is 1470. The molecule has 8 nitrogen and oxygen atoms in total. The maximum Gasteiger partial charge on any atom is 0.265 e. The molecule has 3 aromatic rings. The minimum atomic E-state index is -4.81. The van der Waals surface area contributed by atoms with Gasteiger partial charge in [-0.25, -0.2) is 13.1 Å². The van der Waals surface area contributed by atoms with Crippen molar-refractivity contribution in [3.63, 3.8) is 0 Å². The number of rotatable bonds is 6. The number of hydrogen-bond acceptors (Lipinski definition) is 8. The average molecular weight is 462 g/mol. The number of benzene rings is 1. The van der Waals surface area contributed by atoms with Gasteiger partial charge in [-0.2, -0.15) is 0 Å². The van der Waals surface area contributed by atoms with Gasteiger partial charge in [-0.05, 0) is 48.5 Å². The molecule has 0 spiro atoms. The zero-order chi connectivity index (χ0) is 26.8. The standard InChI is InChI=1S/C18H15ClN2O6S2/c1-9-5-13-14(26-8-25-13)7-11(9)6-12(22)17-15(3-4-28-17)29(23,24)21-18-16(19)10(2)20-27-18/h3-5,7,21H,6,8H2,1-2H3/i1D3,6D2,8D/hD. The number of Topliss-reactive ketones (excluding diaryl/α,β-unsaturated/α-hetero) is 1. The third kappa shape index (κ3) is 3.70. The van der Waals surface area contributed by atoms with Crippen molar-refractivity contribution in [3.05, 3.63) is 50.3 Å². The van der Waals surface area contributed by atoms with Crippen LogP contribution in [0.3, 0.4) is 0 Å². The van der Waals surface area contributed by atoms with Crippen molar-refractivity contribution in [2.45, 2.75) is 25.0 Å². The topological polar surface area (TPSA) is 108 Å². The van der Waals surface area contributed by atoms with Gasteiger partial charge in [0, 0.05) is 13.2 Å². The molecular formula is C18H15ClN2O6S2. The molecule has 11 heteroatoms. The van der Waals surface area contributed by atoms with E-state index >= 15 is 0 Å². The number of nitrogens with one attached hydrogen (secondary N) is 1. The molecule has 4 rings (SSSR count). The number of carbonyl (C=O) groups excluding carboxylic acids is 1. The number of aryl methyl sites for hydroxylation is 2. The van der Waals surface area contributed by atoms with Crippen molar-refractivity contribution in [3.8, 4) is 11.5 Å². The van der Waals surface area contributed by atoms with Crippen LogP contribution in [0.25, 0.3) is 0 Å². The summed E-state index contributed by atoms with van der Waals surface area (Å²) >= 11 is 6.53. The summed E-state index contributed by atoms with van der Waals surface area (Å²) in [6.45, 7) is -2.99. The molecule has 1 N–H and O–H groups in total. The van der Waals surface area contributed by atoms with Crippen LogP contribution in [-0.4, -0.2) is 26.1 Å². The second-order valence-electron chi connectivity index (χ2n) is 5.70. The molecule has 3 heterocycles. The molecular weight excluding hydrogens is 440 g/mol. The zero-order valence-corrected chi connectivity index (χ0v) is 16.8. The van der Waals surface area contributed by atoms with E-state index in [1.165, 1.54) is 12.3 Å². The van der Waals surface area contributed by atoms with Crippen molar-refractivity contribution in [2.75, 3.05) is 11.5 Å². The maximum absolute atomic E-state index is 13.4. The lowest BCUT2D eigenvalue weighted by atomic mass is 10.0. The lowest BCUT2D eigenvalue weighted by Gasteiger charge is -2.09. The SMILES string of the molecule is [2H]C1Oc2cc(C([2H])([2H])[2H])c(C([2H])([2H])C(=O)c3sccc3S(=O)(=O)N([2H])c3onc(C)c3Cl)cc2O1. The van der Waals surface area contributed by atoms with Gasteiger partial charge in [0.2, 0.25) is 6.77 Å². The monoisotopic (exact) mass is 461 g/mol. The third-order valence-corrected chi connectivity index (χ3v) is 6.55. The second-order valence-corrected chi connectivity index (χ2v) is 8.56. The second kappa shape index (κ2) is 7.36. The lowest BCUT2D eigenvalue weighted by Crippen LogP contribution is -2.16. The predicted molar refractivity (Wildman–Crippen MR) is 107 cm³/mol. The fourth-order valence-electron chi connectivity index (χ4n) is 2.38. The molecule has 1 aromatic carbocycles. The summed E-state index contributed by atoms with van der Waals surface area (Å²) in [5.41, 5.74) is -1.08. The van der Waals surface area contributed by atoms with Crippen molar-refractivity contribution < 1.29 is 36.8 Å². The Morgan fingerprint density at radius 2 is 2.24 bits per heavy atom. The highest BCUT2D eigenvalue weighted by Gasteiger charge is 2.27. The van der Waals surface area contributed by atoms with E-state index in [-0.39, 0.29) is 26.9 Å². The molecule has 0 amide bonds. The van der Waals surface area contributed by atoms with Crippen LogP contribution in [0.15, 0.2) is 33.0 Å². The first kappa shape index (κ1) is 12.9. The number of anilines is 1. The first-order chi connectivity index (χ1) is 16.6. The number of hydrogen-bond donors (Lipinski definition) is 1. The number of ketones is 1. The van der Waals surface area contributed by atoms with E-state index in [1.807, 2.05) is 0 Å². The Kier molecular flexibility index (Phi) is 3.27. The molecule has 2 aromatic heterocycles. The van der Waals surface area contributed by atoms with E-state index in [2.05, 4.69) is 5.16 Å². The molecule has 1 aliphatic heterocycles.